The van der Waals surface area contributed by atoms with Crippen LogP contribution >= 0.6 is 11.6 Å². The molecule has 0 atom stereocenters. The lowest BCUT2D eigenvalue weighted by Gasteiger charge is -2.14. The Kier molecular flexibility index (Phi) is 3.77. The van der Waals surface area contributed by atoms with Crippen LogP contribution in [0.1, 0.15) is 12.5 Å². The van der Waals surface area contributed by atoms with Crippen molar-refractivity contribution in [2.75, 3.05) is 6.54 Å². The van der Waals surface area contributed by atoms with E-state index in [-0.39, 0.29) is 0 Å². The average molecular weight is 198 g/mol. The molecule has 0 heterocycles. The van der Waals surface area contributed by atoms with Crippen LogP contribution in [0.2, 0.25) is 5.02 Å². The second kappa shape index (κ2) is 4.87. The Morgan fingerprint density at radius 2 is 2.31 bits per heavy atom. The molecule has 3 heteroatoms. The van der Waals surface area contributed by atoms with Crippen molar-refractivity contribution < 1.29 is 4.79 Å². The third kappa shape index (κ3) is 3.07. The summed E-state index contributed by atoms with van der Waals surface area (Å²) in [5.74, 6) is 0. The van der Waals surface area contributed by atoms with E-state index >= 15 is 0 Å². The van der Waals surface area contributed by atoms with Gasteiger partial charge < -0.3 is 4.90 Å². The fourth-order valence-electron chi connectivity index (χ4n) is 1.09. The van der Waals surface area contributed by atoms with E-state index in [9.17, 15) is 4.79 Å². The zero-order valence-corrected chi connectivity index (χ0v) is 8.29. The van der Waals surface area contributed by atoms with Crippen LogP contribution in [0.5, 0.6) is 0 Å². The molecule has 0 saturated heterocycles. The molecule has 1 amide bonds. The average Bonchev–Trinajstić information content (AvgIpc) is 2.14. The molecule has 1 rings (SSSR count). The Morgan fingerprint density at radius 3 is 2.85 bits per heavy atom. The van der Waals surface area contributed by atoms with Gasteiger partial charge in [0.15, 0.2) is 0 Å². The van der Waals surface area contributed by atoms with E-state index in [4.69, 9.17) is 11.6 Å². The summed E-state index contributed by atoms with van der Waals surface area (Å²) in [4.78, 5) is 12.2. The third-order valence-electron chi connectivity index (χ3n) is 1.83. The monoisotopic (exact) mass is 197 g/mol. The molecule has 1 aromatic rings. The van der Waals surface area contributed by atoms with Crippen molar-refractivity contribution in [3.63, 3.8) is 0 Å². The first-order valence-corrected chi connectivity index (χ1v) is 4.58. The third-order valence-corrected chi connectivity index (χ3v) is 2.07. The summed E-state index contributed by atoms with van der Waals surface area (Å²) < 4.78 is 0. The van der Waals surface area contributed by atoms with Gasteiger partial charge in [0.1, 0.15) is 0 Å². The standard InChI is InChI=1S/C10H12ClNO/c1-2-12(8-13)7-9-4-3-5-10(11)6-9/h3-6,8H,2,7H2,1H3. The first-order valence-electron chi connectivity index (χ1n) is 4.20. The number of hydrogen-bond donors (Lipinski definition) is 0. The van der Waals surface area contributed by atoms with E-state index in [1.807, 2.05) is 31.2 Å². The van der Waals surface area contributed by atoms with Gasteiger partial charge in [-0.1, -0.05) is 23.7 Å². The summed E-state index contributed by atoms with van der Waals surface area (Å²) in [6, 6.07) is 7.53. The van der Waals surface area contributed by atoms with Crippen molar-refractivity contribution in [3.8, 4) is 0 Å². The fourth-order valence-corrected chi connectivity index (χ4v) is 1.31. The van der Waals surface area contributed by atoms with Crippen LogP contribution < -0.4 is 0 Å². The van der Waals surface area contributed by atoms with Gasteiger partial charge in [-0.05, 0) is 24.6 Å². The minimum atomic E-state index is 0.626. The van der Waals surface area contributed by atoms with Crippen LogP contribution in [-0.4, -0.2) is 17.9 Å². The number of carbonyl (C=O) groups is 1. The molecule has 0 aliphatic carbocycles. The lowest BCUT2D eigenvalue weighted by molar-refractivity contribution is -0.118. The van der Waals surface area contributed by atoms with Crippen LogP contribution in [0.15, 0.2) is 24.3 Å². The summed E-state index contributed by atoms with van der Waals surface area (Å²) in [5, 5.41) is 0.708. The first-order chi connectivity index (χ1) is 6.26. The van der Waals surface area contributed by atoms with Crippen molar-refractivity contribution in [2.24, 2.45) is 0 Å². The zero-order chi connectivity index (χ0) is 9.68. The number of nitrogens with zero attached hydrogens (tertiary/aromatic N) is 1. The van der Waals surface area contributed by atoms with Crippen molar-refractivity contribution in [1.29, 1.82) is 0 Å². The Morgan fingerprint density at radius 1 is 1.54 bits per heavy atom. The van der Waals surface area contributed by atoms with Crippen LogP contribution in [0.4, 0.5) is 0 Å². The normalized spacial score (nSPS) is 9.69. The van der Waals surface area contributed by atoms with Gasteiger partial charge in [0.25, 0.3) is 0 Å². The van der Waals surface area contributed by atoms with Gasteiger partial charge in [0.2, 0.25) is 6.41 Å². The second-order valence-electron chi connectivity index (χ2n) is 2.80. The Labute approximate surface area is 83.1 Å². The van der Waals surface area contributed by atoms with Crippen LogP contribution in [-0.2, 0) is 11.3 Å². The van der Waals surface area contributed by atoms with Gasteiger partial charge in [-0.15, -0.1) is 0 Å². The predicted molar refractivity (Wildman–Crippen MR) is 53.6 cm³/mol. The van der Waals surface area contributed by atoms with Crippen LogP contribution in [0, 0.1) is 0 Å². The number of halogens is 1. The maximum absolute atomic E-state index is 10.5. The maximum Gasteiger partial charge on any atom is 0.209 e. The van der Waals surface area contributed by atoms with E-state index in [0.717, 1.165) is 18.5 Å². The molecule has 0 unspecified atom stereocenters. The number of rotatable bonds is 4. The summed E-state index contributed by atoms with van der Waals surface area (Å²) >= 11 is 5.81. The molecule has 0 aliphatic heterocycles. The van der Waals surface area contributed by atoms with Crippen molar-refractivity contribution >= 4 is 18.0 Å². The molecular formula is C10H12ClNO. The number of hydrogen-bond acceptors (Lipinski definition) is 1. The quantitative estimate of drug-likeness (QED) is 0.679. The number of benzene rings is 1. The van der Waals surface area contributed by atoms with Crippen LogP contribution in [0.25, 0.3) is 0 Å². The van der Waals surface area contributed by atoms with Crippen molar-refractivity contribution in [1.82, 2.24) is 4.90 Å². The molecule has 1 aromatic carbocycles. The SMILES string of the molecule is CCN(C=O)Cc1cccc(Cl)c1. The lowest BCUT2D eigenvalue weighted by Crippen LogP contribution is -2.20. The summed E-state index contributed by atoms with van der Waals surface area (Å²) in [6.07, 6.45) is 0.848. The van der Waals surface area contributed by atoms with Crippen molar-refractivity contribution in [2.45, 2.75) is 13.5 Å². The highest BCUT2D eigenvalue weighted by Crippen LogP contribution is 2.11. The molecule has 0 aromatic heterocycles. The van der Waals surface area contributed by atoms with Gasteiger partial charge in [-0.25, -0.2) is 0 Å². The molecule has 0 saturated carbocycles. The maximum atomic E-state index is 10.5. The van der Waals surface area contributed by atoms with Gasteiger partial charge in [0.05, 0.1) is 0 Å². The molecule has 0 fully saturated rings. The molecule has 2 nitrogen and oxygen atoms in total. The summed E-state index contributed by atoms with van der Waals surface area (Å²) in [6.45, 7) is 3.29. The van der Waals surface area contributed by atoms with Crippen molar-refractivity contribution in [3.05, 3.63) is 34.9 Å². The molecule has 0 aliphatic rings. The second-order valence-corrected chi connectivity index (χ2v) is 3.23. The smallest absolute Gasteiger partial charge is 0.209 e. The Hall–Kier alpha value is -1.02. The predicted octanol–water partition coefficient (Wildman–Crippen LogP) is 2.32. The first kappa shape index (κ1) is 10.1. The van der Waals surface area contributed by atoms with E-state index in [0.29, 0.717) is 11.6 Å². The van der Waals surface area contributed by atoms with E-state index in [1.54, 1.807) is 4.90 Å². The lowest BCUT2D eigenvalue weighted by atomic mass is 10.2. The highest BCUT2D eigenvalue weighted by atomic mass is 35.5. The molecule has 70 valence electrons. The summed E-state index contributed by atoms with van der Waals surface area (Å²) in [7, 11) is 0. The van der Waals surface area contributed by atoms with E-state index in [1.165, 1.54) is 0 Å². The topological polar surface area (TPSA) is 20.3 Å². The highest BCUT2D eigenvalue weighted by Gasteiger charge is 1.99. The Balaban J connectivity index is 2.67. The number of amides is 1. The molecule has 0 N–H and O–H groups in total. The zero-order valence-electron chi connectivity index (χ0n) is 7.53. The van der Waals surface area contributed by atoms with Crippen LogP contribution in [0.3, 0.4) is 0 Å². The fraction of sp³-hybridized carbons (Fsp3) is 0.300. The van der Waals surface area contributed by atoms with E-state index in [2.05, 4.69) is 0 Å². The minimum absolute atomic E-state index is 0.626. The molecule has 13 heavy (non-hydrogen) atoms. The molecule has 0 spiro atoms. The van der Waals surface area contributed by atoms with Gasteiger partial charge in [0, 0.05) is 18.1 Å². The minimum Gasteiger partial charge on any atom is -0.341 e. The van der Waals surface area contributed by atoms with E-state index < -0.39 is 0 Å². The van der Waals surface area contributed by atoms with Gasteiger partial charge >= 0.3 is 0 Å². The Bertz CT molecular complexity index is 288. The van der Waals surface area contributed by atoms with Gasteiger partial charge in [-0.2, -0.15) is 0 Å². The largest absolute Gasteiger partial charge is 0.341 e. The highest BCUT2D eigenvalue weighted by molar-refractivity contribution is 6.30. The number of carbonyl (C=O) groups excluding carboxylic acids is 1. The van der Waals surface area contributed by atoms with Gasteiger partial charge in [-0.3, -0.25) is 4.79 Å². The summed E-state index contributed by atoms with van der Waals surface area (Å²) in [5.41, 5.74) is 1.06. The molecular weight excluding hydrogens is 186 g/mol. The molecule has 0 radical (unpaired) electrons. The molecule has 0 bridgehead atoms.